The van der Waals surface area contributed by atoms with Crippen LogP contribution >= 0.6 is 0 Å². The van der Waals surface area contributed by atoms with Crippen LogP contribution in [0.15, 0.2) is 223 Å². The number of rotatable bonds is 8. The maximum Gasteiger partial charge on any atom is 0.164 e. The van der Waals surface area contributed by atoms with Crippen LogP contribution in [0.2, 0.25) is 0 Å². The third-order valence-electron chi connectivity index (χ3n) is 11.1. The molecule has 11 rings (SSSR count). The maximum atomic E-state index is 6.84. The van der Waals surface area contributed by atoms with Gasteiger partial charge < -0.3 is 9.32 Å². The van der Waals surface area contributed by atoms with Gasteiger partial charge in [0, 0.05) is 49.9 Å². The summed E-state index contributed by atoms with van der Waals surface area (Å²) in [6.45, 7) is 0. The molecular formula is C55H36N4O. The molecular weight excluding hydrogens is 733 g/mol. The van der Waals surface area contributed by atoms with Crippen LogP contribution in [0.1, 0.15) is 0 Å². The topological polar surface area (TPSA) is 55.1 Å². The second kappa shape index (κ2) is 15.0. The summed E-state index contributed by atoms with van der Waals surface area (Å²) in [6.07, 6.45) is 0. The Labute approximate surface area is 347 Å². The van der Waals surface area contributed by atoms with Crippen molar-refractivity contribution in [2.45, 2.75) is 0 Å². The molecule has 0 unspecified atom stereocenters. The molecule has 0 radical (unpaired) electrons. The van der Waals surface area contributed by atoms with Crippen molar-refractivity contribution in [1.29, 1.82) is 0 Å². The van der Waals surface area contributed by atoms with Gasteiger partial charge in [0.15, 0.2) is 17.5 Å². The van der Waals surface area contributed by atoms with E-state index in [0.717, 1.165) is 77.6 Å². The Bertz CT molecular complexity index is 3290. The summed E-state index contributed by atoms with van der Waals surface area (Å²) < 4.78 is 6.84. The van der Waals surface area contributed by atoms with Crippen LogP contribution < -0.4 is 4.90 Å². The molecule has 0 fully saturated rings. The third kappa shape index (κ3) is 6.45. The Morgan fingerprint density at radius 2 is 0.850 bits per heavy atom. The Morgan fingerprint density at radius 1 is 0.333 bits per heavy atom. The molecule has 60 heavy (non-hydrogen) atoms. The molecule has 0 bridgehead atoms. The van der Waals surface area contributed by atoms with Crippen LogP contribution in [-0.2, 0) is 0 Å². The Hall–Kier alpha value is -8.15. The van der Waals surface area contributed by atoms with Gasteiger partial charge in [-0.15, -0.1) is 0 Å². The lowest BCUT2D eigenvalue weighted by Crippen LogP contribution is -2.09. The smallest absolute Gasteiger partial charge is 0.164 e. The SMILES string of the molecule is c1ccc(-c2ccc(N(c3ccccc3)c3ccc4oc5c6ccccc6cc(-c6nc(-c7ccccc7)nc(-c7cccc(-c8ccccc8)c7)n6)c5c4c3)cc2)cc1. The van der Waals surface area contributed by atoms with Crippen molar-refractivity contribution < 1.29 is 4.42 Å². The van der Waals surface area contributed by atoms with Crippen LogP contribution in [-0.4, -0.2) is 15.0 Å². The highest BCUT2D eigenvalue weighted by Crippen LogP contribution is 2.44. The van der Waals surface area contributed by atoms with E-state index in [1.54, 1.807) is 0 Å². The van der Waals surface area contributed by atoms with Crippen LogP contribution in [0.5, 0.6) is 0 Å². The fourth-order valence-electron chi connectivity index (χ4n) is 8.18. The van der Waals surface area contributed by atoms with Crippen LogP contribution in [0.3, 0.4) is 0 Å². The largest absolute Gasteiger partial charge is 0.455 e. The number of anilines is 3. The maximum absolute atomic E-state index is 6.84. The Balaban J connectivity index is 1.13. The average molecular weight is 769 g/mol. The summed E-state index contributed by atoms with van der Waals surface area (Å²) in [5, 5.41) is 3.99. The van der Waals surface area contributed by atoms with Crippen molar-refractivity contribution in [3.63, 3.8) is 0 Å². The van der Waals surface area contributed by atoms with E-state index >= 15 is 0 Å². The van der Waals surface area contributed by atoms with Gasteiger partial charge in [-0.2, -0.15) is 0 Å². The molecule has 2 aromatic heterocycles. The fraction of sp³-hybridized carbons (Fsp3) is 0. The summed E-state index contributed by atoms with van der Waals surface area (Å²) in [5.74, 6) is 1.77. The van der Waals surface area contributed by atoms with Gasteiger partial charge in [0.25, 0.3) is 0 Å². The average Bonchev–Trinajstić information content (AvgIpc) is 3.72. The molecule has 0 aliphatic rings. The Morgan fingerprint density at radius 3 is 1.57 bits per heavy atom. The first-order chi connectivity index (χ1) is 29.7. The second-order valence-electron chi connectivity index (χ2n) is 14.8. The van der Waals surface area contributed by atoms with Crippen LogP contribution in [0, 0.1) is 0 Å². The van der Waals surface area contributed by atoms with E-state index in [2.05, 4.69) is 181 Å². The number of benzene rings is 9. The zero-order valence-corrected chi connectivity index (χ0v) is 32.5. The second-order valence-corrected chi connectivity index (χ2v) is 14.8. The van der Waals surface area contributed by atoms with E-state index in [1.807, 2.05) is 42.5 Å². The Kier molecular flexibility index (Phi) is 8.75. The van der Waals surface area contributed by atoms with Gasteiger partial charge in [0.2, 0.25) is 0 Å². The van der Waals surface area contributed by atoms with E-state index in [1.165, 1.54) is 11.1 Å². The predicted molar refractivity (Wildman–Crippen MR) is 246 cm³/mol. The summed E-state index contributed by atoms with van der Waals surface area (Å²) in [6, 6.07) is 75.7. The quantitative estimate of drug-likeness (QED) is 0.154. The summed E-state index contributed by atoms with van der Waals surface area (Å²) in [5.41, 5.74) is 11.9. The minimum absolute atomic E-state index is 0.573. The lowest BCUT2D eigenvalue weighted by atomic mass is 9.99. The molecule has 0 amide bonds. The van der Waals surface area contributed by atoms with Gasteiger partial charge in [-0.3, -0.25) is 0 Å². The molecule has 282 valence electrons. The van der Waals surface area contributed by atoms with Crippen molar-refractivity contribution in [3.8, 4) is 56.4 Å². The zero-order chi connectivity index (χ0) is 39.8. The highest BCUT2D eigenvalue weighted by atomic mass is 16.3. The van der Waals surface area contributed by atoms with Crippen molar-refractivity contribution in [1.82, 2.24) is 15.0 Å². The number of hydrogen-bond donors (Lipinski definition) is 0. The molecule has 0 spiro atoms. The number of nitrogens with zero attached hydrogens (tertiary/aromatic N) is 4. The third-order valence-corrected chi connectivity index (χ3v) is 11.1. The fourth-order valence-corrected chi connectivity index (χ4v) is 8.18. The first kappa shape index (κ1) is 35.0. The van der Waals surface area contributed by atoms with Gasteiger partial charge in [0.05, 0.1) is 0 Å². The highest BCUT2D eigenvalue weighted by Gasteiger charge is 2.22. The molecule has 5 heteroatoms. The molecule has 0 saturated heterocycles. The lowest BCUT2D eigenvalue weighted by molar-refractivity contribution is 0.672. The van der Waals surface area contributed by atoms with Crippen molar-refractivity contribution >= 4 is 49.8 Å². The van der Waals surface area contributed by atoms with Crippen molar-refractivity contribution in [2.75, 3.05) is 4.90 Å². The van der Waals surface area contributed by atoms with Gasteiger partial charge in [-0.25, -0.2) is 15.0 Å². The highest BCUT2D eigenvalue weighted by molar-refractivity contribution is 6.21. The lowest BCUT2D eigenvalue weighted by Gasteiger charge is -2.25. The van der Waals surface area contributed by atoms with E-state index in [0.29, 0.717) is 17.5 Å². The van der Waals surface area contributed by atoms with Gasteiger partial charge in [-0.05, 0) is 82.2 Å². The zero-order valence-electron chi connectivity index (χ0n) is 32.5. The molecule has 11 aromatic rings. The molecule has 0 atom stereocenters. The predicted octanol–water partition coefficient (Wildman–Crippen LogP) is 14.7. The van der Waals surface area contributed by atoms with Gasteiger partial charge >= 0.3 is 0 Å². The van der Waals surface area contributed by atoms with Crippen molar-refractivity contribution in [2.24, 2.45) is 0 Å². The van der Waals surface area contributed by atoms with Gasteiger partial charge in [-0.1, -0.05) is 164 Å². The van der Waals surface area contributed by atoms with Crippen LogP contribution in [0.25, 0.3) is 89.1 Å². The molecule has 5 nitrogen and oxygen atoms in total. The molecule has 9 aromatic carbocycles. The first-order valence-corrected chi connectivity index (χ1v) is 20.1. The van der Waals surface area contributed by atoms with E-state index in [-0.39, 0.29) is 0 Å². The standard InChI is InChI=1S/C55H36N4O/c1-5-16-37(17-6-1)39-28-30-45(31-29-39)59(44-25-11-4-12-26-44)46-32-33-50-48(36-46)51-49(35-42-22-13-14-27-47(42)52(51)60-50)55-57-53(40-20-9-3-10-21-40)56-54(58-55)43-24-15-23-41(34-43)38-18-7-2-8-19-38/h1-36H. The minimum atomic E-state index is 0.573. The number of aromatic nitrogens is 3. The van der Waals surface area contributed by atoms with E-state index < -0.39 is 0 Å². The first-order valence-electron chi connectivity index (χ1n) is 20.1. The van der Waals surface area contributed by atoms with Gasteiger partial charge in [0.1, 0.15) is 11.2 Å². The molecule has 0 saturated carbocycles. The number of para-hydroxylation sites is 1. The molecule has 0 aliphatic heterocycles. The molecule has 0 N–H and O–H groups in total. The monoisotopic (exact) mass is 768 g/mol. The number of furan rings is 1. The van der Waals surface area contributed by atoms with E-state index in [4.69, 9.17) is 19.4 Å². The molecule has 0 aliphatic carbocycles. The van der Waals surface area contributed by atoms with Crippen LogP contribution in [0.4, 0.5) is 17.1 Å². The molecule has 2 heterocycles. The number of fused-ring (bicyclic) bond motifs is 5. The minimum Gasteiger partial charge on any atom is -0.455 e. The summed E-state index contributed by atoms with van der Waals surface area (Å²) in [4.78, 5) is 17.9. The van der Waals surface area contributed by atoms with E-state index in [9.17, 15) is 0 Å². The summed E-state index contributed by atoms with van der Waals surface area (Å²) >= 11 is 0. The normalized spacial score (nSPS) is 11.3. The number of hydrogen-bond acceptors (Lipinski definition) is 5. The van der Waals surface area contributed by atoms with Crippen molar-refractivity contribution in [3.05, 3.63) is 218 Å². The summed E-state index contributed by atoms with van der Waals surface area (Å²) in [7, 11) is 0.